The molecule has 2 N–H and O–H groups in total. The van der Waals surface area contributed by atoms with Gasteiger partial charge in [0.2, 0.25) is 0 Å². The molecular formula is C64H56N4O3. The van der Waals surface area contributed by atoms with Gasteiger partial charge in [-0.1, -0.05) is 172 Å². The van der Waals surface area contributed by atoms with Crippen molar-refractivity contribution in [2.24, 2.45) is 9.98 Å². The second-order valence-electron chi connectivity index (χ2n) is 21.9. The van der Waals surface area contributed by atoms with E-state index in [1.807, 2.05) is 54.6 Å². The Balaban J connectivity index is 1.34. The lowest BCUT2D eigenvalue weighted by atomic mass is 9.83. The van der Waals surface area contributed by atoms with Gasteiger partial charge in [-0.3, -0.25) is 4.79 Å². The number of hydrogen-bond donors (Lipinski definition) is 2. The molecule has 71 heavy (non-hydrogen) atoms. The van der Waals surface area contributed by atoms with Gasteiger partial charge in [0.25, 0.3) is 0 Å². The molecule has 0 atom stereocenters. The van der Waals surface area contributed by atoms with E-state index in [0.717, 1.165) is 83.2 Å². The molecule has 0 aliphatic carbocycles. The monoisotopic (exact) mass is 928 g/mol. The lowest BCUT2D eigenvalue weighted by Gasteiger charge is -2.21. The van der Waals surface area contributed by atoms with Crippen LogP contribution >= 0.6 is 0 Å². The van der Waals surface area contributed by atoms with Gasteiger partial charge in [-0.2, -0.15) is 0 Å². The number of benzene rings is 6. The van der Waals surface area contributed by atoms with Crippen LogP contribution in [-0.2, 0) is 25.8 Å². The Kier molecular flexibility index (Phi) is 10.7. The van der Waals surface area contributed by atoms with Gasteiger partial charge in [-0.25, -0.2) is 14.8 Å². The number of carbonyl (C=O) groups excluding carboxylic acids is 2. The molecule has 0 amide bonds. The number of hydrogen-bond acceptors (Lipinski definition) is 5. The molecule has 2 aromatic heterocycles. The minimum atomic E-state index is -0.494. The van der Waals surface area contributed by atoms with Crippen LogP contribution in [-0.4, -0.2) is 27.9 Å². The fourth-order valence-corrected chi connectivity index (χ4v) is 10.1. The summed E-state index contributed by atoms with van der Waals surface area (Å²) in [7, 11) is 0. The maximum atomic E-state index is 14.5. The normalized spacial score (nSPS) is 14.5. The number of nitrogens with one attached hydrogen (secondary N) is 2. The zero-order chi connectivity index (χ0) is 49.6. The highest BCUT2D eigenvalue weighted by Gasteiger charge is 2.33. The number of esters is 1. The van der Waals surface area contributed by atoms with Crippen LogP contribution in [0.25, 0.3) is 44.5 Å². The second kappa shape index (κ2) is 16.8. The first kappa shape index (κ1) is 45.3. The summed E-state index contributed by atoms with van der Waals surface area (Å²) in [6, 6.07) is 51.5. The molecule has 11 rings (SSSR count). The molecule has 6 aromatic carbocycles. The molecule has 0 spiro atoms. The van der Waals surface area contributed by atoms with Gasteiger partial charge in [0.15, 0.2) is 12.0 Å². The van der Waals surface area contributed by atoms with E-state index in [0.29, 0.717) is 45.1 Å². The van der Waals surface area contributed by atoms with E-state index in [2.05, 4.69) is 163 Å². The predicted molar refractivity (Wildman–Crippen MR) is 287 cm³/mol. The summed E-state index contributed by atoms with van der Waals surface area (Å²) < 4.78 is 6.77. The number of aromatic amines is 2. The smallest absolute Gasteiger partial charge is 0.343 e. The van der Waals surface area contributed by atoms with Crippen LogP contribution in [0.1, 0.15) is 117 Å². The van der Waals surface area contributed by atoms with Crippen LogP contribution in [0.4, 0.5) is 0 Å². The number of aldehydes is 1. The molecule has 5 heterocycles. The van der Waals surface area contributed by atoms with E-state index in [1.54, 1.807) is 12.1 Å². The number of carbonyl (C=O) groups is 2. The summed E-state index contributed by atoms with van der Waals surface area (Å²) in [6.45, 7) is 19.9. The molecule has 0 saturated heterocycles. The predicted octanol–water partition coefficient (Wildman–Crippen LogP) is 13.2. The number of fused-ring (bicyclic) bond motifs is 9. The van der Waals surface area contributed by atoms with Gasteiger partial charge in [0, 0.05) is 43.9 Å². The van der Waals surface area contributed by atoms with Crippen LogP contribution in [0.15, 0.2) is 179 Å². The van der Waals surface area contributed by atoms with E-state index < -0.39 is 5.97 Å². The minimum Gasteiger partial charge on any atom is -0.420 e. The number of aliphatic imine (C=N–C) groups is 1. The number of rotatable bonds is 6. The highest BCUT2D eigenvalue weighted by atomic mass is 16.5. The van der Waals surface area contributed by atoms with Crippen LogP contribution in [0.3, 0.4) is 0 Å². The zero-order valence-corrected chi connectivity index (χ0v) is 41.7. The summed E-state index contributed by atoms with van der Waals surface area (Å²) in [5.41, 5.74) is 13.2. The molecule has 3 aliphatic rings. The first-order valence-electron chi connectivity index (χ1n) is 24.4. The Labute approximate surface area is 414 Å². The van der Waals surface area contributed by atoms with Crippen molar-refractivity contribution in [1.29, 1.82) is 0 Å². The third-order valence-electron chi connectivity index (χ3n) is 14.0. The average molecular weight is 929 g/mol. The molecule has 0 fully saturated rings. The largest absolute Gasteiger partial charge is 0.420 e. The molecular weight excluding hydrogens is 873 g/mol. The van der Waals surface area contributed by atoms with Crippen LogP contribution in [0.5, 0.6) is 0 Å². The third kappa shape index (κ3) is 7.96. The molecule has 0 unspecified atom stereocenters. The quantitative estimate of drug-likeness (QED) is 0.128. The standard InChI is InChI=1S/C64H56N4O3/c1-62(2,3)42-24-20-38(21-25-42)53-47-32-33-50(66-47)58-60(71-61(70)40-18-14-11-15-19-40)56-52(37-16-12-10-13-17-37)46-35-44(64(7,8)9)28-29-45(46)55(59(56)68-58)49-31-30-48(65-49)54(57-41(36-69)34-51(53)67-57)39-22-26-43(27-23-39)63(4,5)6/h10-36,65-66H,1-9H3. The molecule has 3 aliphatic heterocycles. The maximum Gasteiger partial charge on any atom is 0.343 e. The van der Waals surface area contributed by atoms with E-state index >= 15 is 0 Å². The summed E-state index contributed by atoms with van der Waals surface area (Å²) >= 11 is 0. The Morgan fingerprint density at radius 1 is 0.535 bits per heavy atom. The van der Waals surface area contributed by atoms with Gasteiger partial charge in [-0.15, -0.1) is 0 Å². The maximum absolute atomic E-state index is 14.5. The minimum absolute atomic E-state index is 0.0715. The number of H-pyrrole nitrogens is 2. The van der Waals surface area contributed by atoms with E-state index in [9.17, 15) is 9.59 Å². The van der Waals surface area contributed by atoms with Crippen molar-refractivity contribution in [3.05, 3.63) is 241 Å². The van der Waals surface area contributed by atoms with Gasteiger partial charge in [0.1, 0.15) is 5.70 Å². The highest BCUT2D eigenvalue weighted by Crippen LogP contribution is 2.43. The van der Waals surface area contributed by atoms with E-state index in [-0.39, 0.29) is 16.2 Å². The first-order valence-corrected chi connectivity index (χ1v) is 24.4. The van der Waals surface area contributed by atoms with Crippen molar-refractivity contribution in [3.8, 4) is 11.1 Å². The summed E-state index contributed by atoms with van der Waals surface area (Å²) in [5.74, 6) is -0.144. The van der Waals surface area contributed by atoms with Crippen LogP contribution in [0, 0.1) is 10.6 Å². The van der Waals surface area contributed by atoms with Gasteiger partial charge < -0.3 is 14.7 Å². The van der Waals surface area contributed by atoms with Crippen molar-refractivity contribution in [2.75, 3.05) is 0 Å². The van der Waals surface area contributed by atoms with E-state index in [4.69, 9.17) is 14.7 Å². The van der Waals surface area contributed by atoms with Crippen molar-refractivity contribution in [3.63, 3.8) is 0 Å². The zero-order valence-electron chi connectivity index (χ0n) is 41.7. The summed E-state index contributed by atoms with van der Waals surface area (Å²) in [6.07, 6.45) is 2.81. The molecule has 0 radical (unpaired) electrons. The second-order valence-corrected chi connectivity index (χ2v) is 21.9. The fourth-order valence-electron chi connectivity index (χ4n) is 10.1. The Bertz CT molecular complexity index is 3880. The summed E-state index contributed by atoms with van der Waals surface area (Å²) in [5, 5.41) is 5.09. The van der Waals surface area contributed by atoms with Crippen molar-refractivity contribution < 1.29 is 14.3 Å². The highest BCUT2D eigenvalue weighted by molar-refractivity contribution is 6.39. The Morgan fingerprint density at radius 3 is 1.73 bits per heavy atom. The third-order valence-corrected chi connectivity index (χ3v) is 14.0. The van der Waals surface area contributed by atoms with Gasteiger partial charge in [-0.05, 0) is 109 Å². The van der Waals surface area contributed by atoms with Crippen molar-refractivity contribution in [2.45, 2.75) is 78.6 Å². The molecule has 7 nitrogen and oxygen atoms in total. The molecule has 8 bridgehead atoms. The van der Waals surface area contributed by atoms with Crippen molar-refractivity contribution in [1.82, 2.24) is 9.97 Å². The first-order chi connectivity index (χ1) is 34.0. The Morgan fingerprint density at radius 2 is 1.11 bits per heavy atom. The molecule has 350 valence electrons. The Hall–Kier alpha value is -8.16. The lowest BCUT2D eigenvalue weighted by Crippen LogP contribution is -2.18. The molecule has 0 saturated carbocycles. The number of aromatic nitrogens is 2. The lowest BCUT2D eigenvalue weighted by molar-refractivity contribution is -0.104. The average Bonchev–Trinajstić information content (AvgIpc) is 4.18. The van der Waals surface area contributed by atoms with Crippen LogP contribution in [0.2, 0.25) is 0 Å². The summed E-state index contributed by atoms with van der Waals surface area (Å²) in [4.78, 5) is 46.7. The number of nitrogens with zero attached hydrogens (tertiary/aromatic N) is 2. The van der Waals surface area contributed by atoms with Crippen LogP contribution < -0.4 is 10.7 Å². The van der Waals surface area contributed by atoms with Gasteiger partial charge in [0.05, 0.1) is 33.6 Å². The van der Waals surface area contributed by atoms with Crippen molar-refractivity contribution >= 4 is 51.3 Å². The fraction of sp³-hybridized carbons (Fsp3) is 0.188. The number of ether oxygens (including phenoxy) is 1. The topological polar surface area (TPSA) is 99.7 Å². The van der Waals surface area contributed by atoms with E-state index in [1.165, 1.54) is 11.1 Å². The molecule has 8 aromatic rings. The molecule has 7 heteroatoms. The number of allylic oxidation sites excluding steroid dienone is 2. The van der Waals surface area contributed by atoms with Gasteiger partial charge >= 0.3 is 5.97 Å². The SMILES string of the molecule is CC(C)(C)c1ccc(C2=C3C=C(C=O)C(=N3)C(c3ccc(C(C)(C)C)cc3)=c3ccc([nH]3)=c3c4c(c(-c5ccccc5)c5cc(C(C)(C)C)ccc35)C(OC(=O)c3ccccc3)=C(N=4)c3ccc2[nH]3)cc1.